The Morgan fingerprint density at radius 1 is 1.41 bits per heavy atom. The van der Waals surface area contributed by atoms with Gasteiger partial charge in [0.2, 0.25) is 0 Å². The zero-order valence-corrected chi connectivity index (χ0v) is 10.3. The van der Waals surface area contributed by atoms with Crippen molar-refractivity contribution in [2.24, 2.45) is 0 Å². The minimum Gasteiger partial charge on any atom is -0.442 e. The van der Waals surface area contributed by atoms with Crippen LogP contribution in [-0.2, 0) is 11.2 Å². The van der Waals surface area contributed by atoms with Crippen molar-refractivity contribution in [1.82, 2.24) is 9.78 Å². The Bertz CT molecular complexity index is 469. The molecule has 0 fully saturated rings. The molecule has 2 rings (SSSR count). The highest BCUT2D eigenvalue weighted by Gasteiger charge is 2.27. The van der Waals surface area contributed by atoms with Gasteiger partial charge in [-0.3, -0.25) is 4.79 Å². The first-order valence-corrected chi connectivity index (χ1v) is 5.72. The van der Waals surface area contributed by atoms with Gasteiger partial charge >= 0.3 is 6.09 Å². The number of Topliss-reactive ketones (excluding diaryl/α,β-unsaturated/α-hetero) is 1. The summed E-state index contributed by atoms with van der Waals surface area (Å²) in [6.07, 6.45) is 2.93. The number of rotatable bonds is 0. The molecule has 17 heavy (non-hydrogen) atoms. The van der Waals surface area contributed by atoms with Crippen LogP contribution in [0.1, 0.15) is 49.7 Å². The van der Waals surface area contributed by atoms with Crippen LogP contribution >= 0.6 is 0 Å². The van der Waals surface area contributed by atoms with Crippen molar-refractivity contribution in [3.63, 3.8) is 0 Å². The molecule has 0 radical (unpaired) electrons. The van der Waals surface area contributed by atoms with E-state index >= 15 is 0 Å². The summed E-state index contributed by atoms with van der Waals surface area (Å²) in [4.78, 5) is 23.5. The summed E-state index contributed by atoms with van der Waals surface area (Å²) < 4.78 is 6.44. The molecular weight excluding hydrogens is 220 g/mol. The fourth-order valence-corrected chi connectivity index (χ4v) is 1.86. The van der Waals surface area contributed by atoms with Crippen LogP contribution in [-0.4, -0.2) is 27.3 Å². The van der Waals surface area contributed by atoms with Gasteiger partial charge in [0.15, 0.2) is 5.78 Å². The number of carbonyl (C=O) groups is 2. The first kappa shape index (κ1) is 11.8. The average molecular weight is 236 g/mol. The number of hydrogen-bond acceptors (Lipinski definition) is 4. The van der Waals surface area contributed by atoms with E-state index in [1.807, 2.05) is 0 Å². The fourth-order valence-electron chi connectivity index (χ4n) is 1.86. The standard InChI is InChI=1S/C12H16N2O3/c1-12(2,3)17-11(16)14-9-5-4-6-10(15)8(9)7-13-14/h7H,4-6H2,1-3H3. The molecule has 0 saturated heterocycles. The normalized spacial score (nSPS) is 15.6. The van der Waals surface area contributed by atoms with Crippen molar-refractivity contribution in [3.8, 4) is 0 Å². The lowest BCUT2D eigenvalue weighted by atomic mass is 9.97. The molecule has 92 valence electrons. The van der Waals surface area contributed by atoms with E-state index in [9.17, 15) is 9.59 Å². The Morgan fingerprint density at radius 2 is 2.12 bits per heavy atom. The smallest absolute Gasteiger partial charge is 0.435 e. The molecule has 5 heteroatoms. The molecule has 0 saturated carbocycles. The van der Waals surface area contributed by atoms with Crippen molar-refractivity contribution in [3.05, 3.63) is 17.5 Å². The minimum atomic E-state index is -0.561. The lowest BCUT2D eigenvalue weighted by Gasteiger charge is -2.20. The number of fused-ring (bicyclic) bond motifs is 1. The quantitative estimate of drug-likeness (QED) is 0.692. The van der Waals surface area contributed by atoms with Gasteiger partial charge in [0.05, 0.1) is 17.5 Å². The van der Waals surface area contributed by atoms with Gasteiger partial charge in [-0.25, -0.2) is 4.79 Å². The summed E-state index contributed by atoms with van der Waals surface area (Å²) in [5.41, 5.74) is 0.673. The molecule has 1 aliphatic carbocycles. The van der Waals surface area contributed by atoms with E-state index in [0.29, 0.717) is 24.1 Å². The topological polar surface area (TPSA) is 61.2 Å². The van der Waals surface area contributed by atoms with Crippen molar-refractivity contribution >= 4 is 11.9 Å². The molecule has 0 atom stereocenters. The molecule has 1 heterocycles. The number of hydrogen-bond donors (Lipinski definition) is 0. The van der Waals surface area contributed by atoms with Crippen LogP contribution in [0, 0.1) is 0 Å². The van der Waals surface area contributed by atoms with E-state index in [1.165, 1.54) is 10.9 Å². The summed E-state index contributed by atoms with van der Waals surface area (Å²) in [5.74, 6) is 0.0565. The third-order valence-electron chi connectivity index (χ3n) is 2.55. The predicted octanol–water partition coefficient (Wildman–Crippen LogP) is 2.19. The van der Waals surface area contributed by atoms with Crippen molar-refractivity contribution in [1.29, 1.82) is 0 Å². The number of aromatic nitrogens is 2. The van der Waals surface area contributed by atoms with Crippen molar-refractivity contribution < 1.29 is 14.3 Å². The van der Waals surface area contributed by atoms with Crippen LogP contribution in [0.3, 0.4) is 0 Å². The molecule has 1 aromatic heterocycles. The molecule has 0 N–H and O–H groups in total. The lowest BCUT2D eigenvalue weighted by Crippen LogP contribution is -2.29. The first-order chi connectivity index (χ1) is 7.88. The average Bonchev–Trinajstić information content (AvgIpc) is 2.60. The molecule has 0 bridgehead atoms. The Labute approximate surface area is 99.8 Å². The predicted molar refractivity (Wildman–Crippen MR) is 61.1 cm³/mol. The first-order valence-electron chi connectivity index (χ1n) is 5.72. The summed E-state index contributed by atoms with van der Waals surface area (Å²) >= 11 is 0. The second kappa shape index (κ2) is 3.98. The fraction of sp³-hybridized carbons (Fsp3) is 0.583. The van der Waals surface area contributed by atoms with E-state index in [1.54, 1.807) is 20.8 Å². The third-order valence-corrected chi connectivity index (χ3v) is 2.55. The van der Waals surface area contributed by atoms with Crippen LogP contribution < -0.4 is 0 Å². The Hall–Kier alpha value is -1.65. The third kappa shape index (κ3) is 2.38. The molecule has 0 amide bonds. The van der Waals surface area contributed by atoms with E-state index in [-0.39, 0.29) is 5.78 Å². The number of ether oxygens (including phenoxy) is 1. The van der Waals surface area contributed by atoms with E-state index in [2.05, 4.69) is 5.10 Å². The van der Waals surface area contributed by atoms with Gasteiger partial charge in [-0.2, -0.15) is 9.78 Å². The Balaban J connectivity index is 2.29. The second-order valence-electron chi connectivity index (χ2n) is 5.17. The minimum absolute atomic E-state index is 0.0565. The van der Waals surface area contributed by atoms with Gasteiger partial charge in [0, 0.05) is 6.42 Å². The molecule has 0 aromatic carbocycles. The van der Waals surface area contributed by atoms with Crippen molar-refractivity contribution in [2.75, 3.05) is 0 Å². The van der Waals surface area contributed by atoms with E-state index < -0.39 is 11.7 Å². The summed E-state index contributed by atoms with van der Waals surface area (Å²) in [6.45, 7) is 5.39. The monoisotopic (exact) mass is 236 g/mol. The van der Waals surface area contributed by atoms with Crippen LogP contribution in [0.4, 0.5) is 4.79 Å². The maximum absolute atomic E-state index is 11.9. The maximum Gasteiger partial charge on any atom is 0.435 e. The molecule has 1 aromatic rings. The second-order valence-corrected chi connectivity index (χ2v) is 5.17. The van der Waals surface area contributed by atoms with Crippen LogP contribution in [0.5, 0.6) is 0 Å². The molecule has 0 unspecified atom stereocenters. The number of ketones is 1. The van der Waals surface area contributed by atoms with Gasteiger partial charge in [-0.05, 0) is 33.6 Å². The van der Waals surface area contributed by atoms with Gasteiger partial charge < -0.3 is 4.74 Å². The summed E-state index contributed by atoms with van der Waals surface area (Å²) in [6, 6.07) is 0. The molecule has 0 spiro atoms. The van der Waals surface area contributed by atoms with Crippen LogP contribution in [0.15, 0.2) is 6.20 Å². The van der Waals surface area contributed by atoms with Crippen molar-refractivity contribution in [2.45, 2.75) is 45.6 Å². The maximum atomic E-state index is 11.9. The van der Waals surface area contributed by atoms with Gasteiger partial charge in [-0.1, -0.05) is 0 Å². The number of carbonyl (C=O) groups excluding carboxylic acids is 2. The van der Waals surface area contributed by atoms with Gasteiger partial charge in [0.1, 0.15) is 5.60 Å². The lowest BCUT2D eigenvalue weighted by molar-refractivity contribution is 0.0509. The molecule has 5 nitrogen and oxygen atoms in total. The van der Waals surface area contributed by atoms with Gasteiger partial charge in [-0.15, -0.1) is 0 Å². The van der Waals surface area contributed by atoms with E-state index in [4.69, 9.17) is 4.74 Å². The highest BCUT2D eigenvalue weighted by molar-refractivity contribution is 5.98. The van der Waals surface area contributed by atoms with Crippen LogP contribution in [0.2, 0.25) is 0 Å². The zero-order valence-electron chi connectivity index (χ0n) is 10.3. The molecule has 1 aliphatic rings. The Kier molecular flexibility index (Phi) is 2.77. The Morgan fingerprint density at radius 3 is 2.76 bits per heavy atom. The summed E-state index contributed by atoms with van der Waals surface area (Å²) in [7, 11) is 0. The molecular formula is C12H16N2O3. The zero-order chi connectivity index (χ0) is 12.6. The highest BCUT2D eigenvalue weighted by Crippen LogP contribution is 2.21. The largest absolute Gasteiger partial charge is 0.442 e. The summed E-state index contributed by atoms with van der Waals surface area (Å²) in [5, 5.41) is 3.95. The van der Waals surface area contributed by atoms with Gasteiger partial charge in [0.25, 0.3) is 0 Å². The van der Waals surface area contributed by atoms with Crippen LogP contribution in [0.25, 0.3) is 0 Å². The highest BCUT2D eigenvalue weighted by atomic mass is 16.6. The molecule has 0 aliphatic heterocycles. The van der Waals surface area contributed by atoms with E-state index in [0.717, 1.165) is 6.42 Å². The number of nitrogens with zero attached hydrogens (tertiary/aromatic N) is 2. The SMILES string of the molecule is CC(C)(C)OC(=O)n1ncc2c1CCCC2=O.